The highest BCUT2D eigenvalue weighted by Crippen LogP contribution is 2.27. The van der Waals surface area contributed by atoms with E-state index in [0.717, 1.165) is 36.6 Å². The quantitative estimate of drug-likeness (QED) is 0.436. The van der Waals surface area contributed by atoms with Crippen LogP contribution in [0, 0.1) is 25.7 Å². The molecule has 1 aliphatic rings. The van der Waals surface area contributed by atoms with Crippen molar-refractivity contribution in [1.29, 1.82) is 0 Å². The number of hydrogen-bond donors (Lipinski definition) is 2. The van der Waals surface area contributed by atoms with Gasteiger partial charge in [-0.2, -0.15) is 5.10 Å². The fourth-order valence-electron chi connectivity index (χ4n) is 3.24. The van der Waals surface area contributed by atoms with Gasteiger partial charge < -0.3 is 10.6 Å². The van der Waals surface area contributed by atoms with Crippen LogP contribution in [-0.4, -0.2) is 29.3 Å². The molecule has 6 heteroatoms. The SMILES string of the molecule is CN=C(NCc1c(C)nn(C)c1C)NCC1CCC(C)CC1.I. The fourth-order valence-corrected chi connectivity index (χ4v) is 3.24. The molecular formula is C17H32IN5. The van der Waals surface area contributed by atoms with Gasteiger partial charge in [-0.25, -0.2) is 0 Å². The smallest absolute Gasteiger partial charge is 0.191 e. The van der Waals surface area contributed by atoms with Crippen LogP contribution in [-0.2, 0) is 13.6 Å². The van der Waals surface area contributed by atoms with E-state index >= 15 is 0 Å². The second-order valence-electron chi connectivity index (χ2n) is 6.71. The average molecular weight is 433 g/mol. The van der Waals surface area contributed by atoms with E-state index < -0.39 is 0 Å². The molecule has 1 aromatic heterocycles. The van der Waals surface area contributed by atoms with E-state index in [1.807, 2.05) is 18.8 Å². The highest BCUT2D eigenvalue weighted by atomic mass is 127. The van der Waals surface area contributed by atoms with Gasteiger partial charge in [0.15, 0.2) is 5.96 Å². The minimum atomic E-state index is 0. The molecule has 0 saturated heterocycles. The molecule has 23 heavy (non-hydrogen) atoms. The van der Waals surface area contributed by atoms with Crippen LogP contribution in [0.1, 0.15) is 49.6 Å². The molecule has 0 atom stereocenters. The first-order valence-electron chi connectivity index (χ1n) is 8.44. The monoisotopic (exact) mass is 433 g/mol. The van der Waals surface area contributed by atoms with E-state index in [-0.39, 0.29) is 24.0 Å². The van der Waals surface area contributed by atoms with Gasteiger partial charge in [-0.3, -0.25) is 9.67 Å². The molecule has 1 fully saturated rings. The molecule has 1 aromatic rings. The Morgan fingerprint density at radius 3 is 2.39 bits per heavy atom. The van der Waals surface area contributed by atoms with Gasteiger partial charge in [0.2, 0.25) is 0 Å². The van der Waals surface area contributed by atoms with Crippen LogP contribution >= 0.6 is 24.0 Å². The number of nitrogens with zero attached hydrogens (tertiary/aromatic N) is 3. The first-order valence-corrected chi connectivity index (χ1v) is 8.44. The standard InChI is InChI=1S/C17H31N5.HI/c1-12-6-8-15(9-7-12)10-19-17(18-4)20-11-16-13(2)21-22(5)14(16)3;/h12,15H,6-11H2,1-5H3,(H2,18,19,20);1H. The summed E-state index contributed by atoms with van der Waals surface area (Å²) in [5.74, 6) is 2.59. The zero-order chi connectivity index (χ0) is 16.1. The number of aliphatic imine (C=N–C) groups is 1. The van der Waals surface area contributed by atoms with Crippen LogP contribution in [0.3, 0.4) is 0 Å². The molecule has 0 spiro atoms. The summed E-state index contributed by atoms with van der Waals surface area (Å²) in [5, 5.41) is 11.4. The van der Waals surface area contributed by atoms with E-state index in [2.05, 4.69) is 41.5 Å². The lowest BCUT2D eigenvalue weighted by Crippen LogP contribution is -2.40. The van der Waals surface area contributed by atoms with Gasteiger partial charge in [-0.15, -0.1) is 24.0 Å². The van der Waals surface area contributed by atoms with Crippen molar-refractivity contribution < 1.29 is 0 Å². The molecule has 1 aliphatic carbocycles. The Labute approximate surface area is 157 Å². The molecule has 2 rings (SSSR count). The summed E-state index contributed by atoms with van der Waals surface area (Å²) in [7, 11) is 3.82. The first-order chi connectivity index (χ1) is 10.5. The van der Waals surface area contributed by atoms with Gasteiger partial charge in [0, 0.05) is 38.4 Å². The molecule has 0 amide bonds. The first kappa shape index (κ1) is 20.3. The van der Waals surface area contributed by atoms with Gasteiger partial charge in [0.05, 0.1) is 5.69 Å². The average Bonchev–Trinajstić information content (AvgIpc) is 2.75. The predicted octanol–water partition coefficient (Wildman–Crippen LogP) is 3.15. The lowest BCUT2D eigenvalue weighted by Gasteiger charge is -2.26. The van der Waals surface area contributed by atoms with Crippen LogP contribution in [0.2, 0.25) is 0 Å². The molecular weight excluding hydrogens is 401 g/mol. The summed E-state index contributed by atoms with van der Waals surface area (Å²) >= 11 is 0. The second-order valence-corrected chi connectivity index (χ2v) is 6.71. The van der Waals surface area contributed by atoms with Gasteiger partial charge in [-0.1, -0.05) is 19.8 Å². The minimum absolute atomic E-state index is 0. The molecule has 5 nitrogen and oxygen atoms in total. The Morgan fingerprint density at radius 2 is 1.87 bits per heavy atom. The Kier molecular flexibility index (Phi) is 8.36. The summed E-state index contributed by atoms with van der Waals surface area (Å²) in [6.07, 6.45) is 5.41. The van der Waals surface area contributed by atoms with Crippen molar-refractivity contribution in [3.63, 3.8) is 0 Å². The third-order valence-electron chi connectivity index (χ3n) is 5.01. The molecule has 0 aromatic carbocycles. The summed E-state index contributed by atoms with van der Waals surface area (Å²) in [6.45, 7) is 8.33. The number of aryl methyl sites for hydroxylation is 2. The van der Waals surface area contributed by atoms with Crippen LogP contribution in [0.25, 0.3) is 0 Å². The third kappa shape index (κ3) is 5.65. The molecule has 2 N–H and O–H groups in total. The lowest BCUT2D eigenvalue weighted by atomic mass is 9.83. The van der Waals surface area contributed by atoms with Crippen LogP contribution < -0.4 is 10.6 Å². The predicted molar refractivity (Wildman–Crippen MR) is 107 cm³/mol. The highest BCUT2D eigenvalue weighted by molar-refractivity contribution is 14.0. The summed E-state index contributed by atoms with van der Waals surface area (Å²) < 4.78 is 1.94. The van der Waals surface area contributed by atoms with Crippen molar-refractivity contribution in [3.8, 4) is 0 Å². The molecule has 0 aliphatic heterocycles. The zero-order valence-corrected chi connectivity index (χ0v) is 17.5. The number of aromatic nitrogens is 2. The topological polar surface area (TPSA) is 54.2 Å². The number of rotatable bonds is 4. The van der Waals surface area contributed by atoms with E-state index in [9.17, 15) is 0 Å². The molecule has 1 saturated carbocycles. The molecule has 1 heterocycles. The fraction of sp³-hybridized carbons (Fsp3) is 0.765. The Bertz CT molecular complexity index is 515. The van der Waals surface area contributed by atoms with Crippen molar-refractivity contribution in [2.24, 2.45) is 23.9 Å². The third-order valence-corrected chi connectivity index (χ3v) is 5.01. The number of nitrogens with one attached hydrogen (secondary N) is 2. The van der Waals surface area contributed by atoms with E-state index in [4.69, 9.17) is 0 Å². The van der Waals surface area contributed by atoms with Crippen molar-refractivity contribution in [2.75, 3.05) is 13.6 Å². The molecule has 0 unspecified atom stereocenters. The van der Waals surface area contributed by atoms with Gasteiger partial charge in [0.1, 0.15) is 0 Å². The van der Waals surface area contributed by atoms with Gasteiger partial charge in [0.25, 0.3) is 0 Å². The van der Waals surface area contributed by atoms with E-state index in [1.165, 1.54) is 36.9 Å². The molecule has 0 bridgehead atoms. The van der Waals surface area contributed by atoms with Crippen LogP contribution in [0.5, 0.6) is 0 Å². The maximum atomic E-state index is 4.46. The summed E-state index contributed by atoms with van der Waals surface area (Å²) in [4.78, 5) is 4.34. The number of guanidine groups is 1. The van der Waals surface area contributed by atoms with Crippen molar-refractivity contribution >= 4 is 29.9 Å². The molecule has 0 radical (unpaired) electrons. The minimum Gasteiger partial charge on any atom is -0.356 e. The summed E-state index contributed by atoms with van der Waals surface area (Å²) in [6, 6.07) is 0. The van der Waals surface area contributed by atoms with Crippen molar-refractivity contribution in [1.82, 2.24) is 20.4 Å². The maximum Gasteiger partial charge on any atom is 0.191 e. The normalized spacial score (nSPS) is 21.7. The largest absolute Gasteiger partial charge is 0.356 e. The lowest BCUT2D eigenvalue weighted by molar-refractivity contribution is 0.289. The number of hydrogen-bond acceptors (Lipinski definition) is 2. The highest BCUT2D eigenvalue weighted by Gasteiger charge is 2.18. The Morgan fingerprint density at radius 1 is 1.22 bits per heavy atom. The van der Waals surface area contributed by atoms with Crippen molar-refractivity contribution in [2.45, 2.75) is 53.0 Å². The van der Waals surface area contributed by atoms with Crippen molar-refractivity contribution in [3.05, 3.63) is 17.0 Å². The van der Waals surface area contributed by atoms with E-state index in [1.54, 1.807) is 0 Å². The maximum absolute atomic E-state index is 4.46. The van der Waals surface area contributed by atoms with Gasteiger partial charge in [-0.05, 0) is 38.5 Å². The Hall–Kier alpha value is -0.790. The zero-order valence-electron chi connectivity index (χ0n) is 15.1. The van der Waals surface area contributed by atoms with E-state index in [0.29, 0.717) is 0 Å². The van der Waals surface area contributed by atoms with Gasteiger partial charge >= 0.3 is 0 Å². The Balaban J connectivity index is 0.00000264. The summed E-state index contributed by atoms with van der Waals surface area (Å²) in [5.41, 5.74) is 3.56. The molecule has 132 valence electrons. The van der Waals surface area contributed by atoms with Crippen LogP contribution in [0.15, 0.2) is 4.99 Å². The second kappa shape index (κ2) is 9.49. The number of halogens is 1. The van der Waals surface area contributed by atoms with Crippen LogP contribution in [0.4, 0.5) is 0 Å².